The largest absolute Gasteiger partial charge is 0.545 e. The van der Waals surface area contributed by atoms with E-state index in [2.05, 4.69) is 18.0 Å². The zero-order valence-corrected chi connectivity index (χ0v) is 14.4. The minimum absolute atomic E-state index is 0.102. The monoisotopic (exact) mass is 338 g/mol. The molecule has 24 heavy (non-hydrogen) atoms. The zero-order chi connectivity index (χ0) is 17.3. The summed E-state index contributed by atoms with van der Waals surface area (Å²) < 4.78 is 5.84. The standard InChI is InChI=1S/C19H17NO3S/c1-11-4-7-15(13(3)8-11)17-10-24-19(23-17)20-16-9-14(18(21)22)6-5-12(16)2/h4-10H,1-3H3,(H,21,22)/p-1. The van der Waals surface area contributed by atoms with Crippen LogP contribution in [0.3, 0.4) is 0 Å². The third-order valence-electron chi connectivity index (χ3n) is 3.77. The molecule has 0 saturated heterocycles. The first kappa shape index (κ1) is 16.2. The Balaban J connectivity index is 2.03. The molecular formula is C19H16NO3S-. The van der Waals surface area contributed by atoms with E-state index in [1.54, 1.807) is 6.07 Å². The van der Waals surface area contributed by atoms with Gasteiger partial charge in [0.25, 0.3) is 4.87 Å². The van der Waals surface area contributed by atoms with E-state index < -0.39 is 5.97 Å². The molecule has 0 amide bonds. The summed E-state index contributed by atoms with van der Waals surface area (Å²) in [6.45, 7) is 5.96. The van der Waals surface area contributed by atoms with Gasteiger partial charge in [0.05, 0.1) is 11.7 Å². The molecule has 0 fully saturated rings. The van der Waals surface area contributed by atoms with E-state index in [-0.39, 0.29) is 5.56 Å². The number of carbonyl (C=O) groups is 1. The highest BCUT2D eigenvalue weighted by Crippen LogP contribution is 2.25. The average Bonchev–Trinajstić information content (AvgIpc) is 2.97. The van der Waals surface area contributed by atoms with Gasteiger partial charge in [-0.2, -0.15) is 0 Å². The molecule has 2 aromatic carbocycles. The van der Waals surface area contributed by atoms with Gasteiger partial charge in [-0.25, -0.2) is 4.99 Å². The smallest absolute Gasteiger partial charge is 0.279 e. The van der Waals surface area contributed by atoms with Crippen molar-refractivity contribution in [1.29, 1.82) is 0 Å². The van der Waals surface area contributed by atoms with Crippen LogP contribution >= 0.6 is 11.3 Å². The molecule has 0 aliphatic heterocycles. The first-order valence-corrected chi connectivity index (χ1v) is 8.35. The van der Waals surface area contributed by atoms with Crippen LogP contribution in [0, 0.1) is 20.8 Å². The van der Waals surface area contributed by atoms with Crippen LogP contribution in [0.15, 0.2) is 51.2 Å². The van der Waals surface area contributed by atoms with Crippen molar-refractivity contribution in [1.82, 2.24) is 0 Å². The number of nitrogens with zero attached hydrogens (tertiary/aromatic N) is 1. The van der Waals surface area contributed by atoms with E-state index in [0.717, 1.165) is 22.5 Å². The predicted molar refractivity (Wildman–Crippen MR) is 92.2 cm³/mol. The van der Waals surface area contributed by atoms with Crippen LogP contribution in [0.5, 0.6) is 0 Å². The molecule has 0 aliphatic carbocycles. The van der Waals surface area contributed by atoms with Crippen molar-refractivity contribution in [2.75, 3.05) is 0 Å². The summed E-state index contributed by atoms with van der Waals surface area (Å²) in [5.41, 5.74) is 4.90. The molecule has 122 valence electrons. The summed E-state index contributed by atoms with van der Waals surface area (Å²) in [7, 11) is 0. The fourth-order valence-corrected chi connectivity index (χ4v) is 3.13. The maximum absolute atomic E-state index is 11.0. The average molecular weight is 338 g/mol. The van der Waals surface area contributed by atoms with Crippen molar-refractivity contribution < 1.29 is 14.3 Å². The van der Waals surface area contributed by atoms with E-state index >= 15 is 0 Å². The molecule has 0 radical (unpaired) electrons. The number of aromatic carboxylic acids is 1. The Morgan fingerprint density at radius 1 is 1.08 bits per heavy atom. The van der Waals surface area contributed by atoms with Crippen LogP contribution in [-0.4, -0.2) is 5.97 Å². The Labute approximate surface area is 143 Å². The number of carbonyl (C=O) groups excluding carboxylic acids is 1. The third kappa shape index (κ3) is 3.31. The van der Waals surface area contributed by atoms with E-state index in [0.29, 0.717) is 10.6 Å². The number of hydrogen-bond acceptors (Lipinski definition) is 5. The van der Waals surface area contributed by atoms with E-state index in [1.165, 1.54) is 29.0 Å². The van der Waals surface area contributed by atoms with Crippen LogP contribution in [0.1, 0.15) is 27.0 Å². The highest BCUT2D eigenvalue weighted by Gasteiger charge is 2.07. The molecule has 1 aromatic heterocycles. The van der Waals surface area contributed by atoms with Crippen molar-refractivity contribution >= 4 is 23.0 Å². The third-order valence-corrected chi connectivity index (χ3v) is 4.48. The van der Waals surface area contributed by atoms with E-state index in [4.69, 9.17) is 4.42 Å². The molecule has 0 spiro atoms. The Bertz CT molecular complexity index is 982. The minimum atomic E-state index is -1.22. The second-order valence-electron chi connectivity index (χ2n) is 5.69. The zero-order valence-electron chi connectivity index (χ0n) is 13.6. The summed E-state index contributed by atoms with van der Waals surface area (Å²) in [5, 5.41) is 12.9. The van der Waals surface area contributed by atoms with Crippen LogP contribution in [0.25, 0.3) is 11.3 Å². The second-order valence-corrected chi connectivity index (χ2v) is 6.51. The van der Waals surface area contributed by atoms with Crippen molar-refractivity contribution in [3.8, 4) is 11.3 Å². The highest BCUT2D eigenvalue weighted by molar-refractivity contribution is 7.07. The number of hydrogen-bond donors (Lipinski definition) is 0. The predicted octanol–water partition coefficient (Wildman–Crippen LogP) is 3.53. The Kier molecular flexibility index (Phi) is 4.36. The van der Waals surface area contributed by atoms with Gasteiger partial charge < -0.3 is 14.3 Å². The van der Waals surface area contributed by atoms with Crippen LogP contribution in [0.2, 0.25) is 0 Å². The number of aryl methyl sites for hydroxylation is 3. The van der Waals surface area contributed by atoms with Crippen LogP contribution in [-0.2, 0) is 0 Å². The highest BCUT2D eigenvalue weighted by atomic mass is 32.1. The molecule has 0 unspecified atom stereocenters. The van der Waals surface area contributed by atoms with Crippen molar-refractivity contribution in [2.45, 2.75) is 20.8 Å². The topological polar surface area (TPSA) is 65.6 Å². The molecule has 0 saturated carbocycles. The summed E-state index contributed by atoms with van der Waals surface area (Å²) in [6.07, 6.45) is 0. The van der Waals surface area contributed by atoms with Gasteiger partial charge in [0.1, 0.15) is 5.76 Å². The number of carboxylic acid groups (broad SMARTS) is 1. The fourth-order valence-electron chi connectivity index (χ4n) is 2.46. The van der Waals surface area contributed by atoms with Gasteiger partial charge in [0.15, 0.2) is 0 Å². The Morgan fingerprint density at radius 3 is 2.58 bits per heavy atom. The van der Waals surface area contributed by atoms with Gasteiger partial charge in [-0.05, 0) is 43.5 Å². The lowest BCUT2D eigenvalue weighted by atomic mass is 10.0. The molecule has 0 aliphatic rings. The van der Waals surface area contributed by atoms with Crippen LogP contribution < -0.4 is 9.97 Å². The molecule has 4 nitrogen and oxygen atoms in total. The Hall–Kier alpha value is -2.66. The maximum atomic E-state index is 11.0. The first-order valence-electron chi connectivity index (χ1n) is 7.47. The van der Waals surface area contributed by atoms with Gasteiger partial charge >= 0.3 is 0 Å². The lowest BCUT2D eigenvalue weighted by Crippen LogP contribution is -2.22. The molecule has 3 rings (SSSR count). The molecule has 3 aromatic rings. The first-order chi connectivity index (χ1) is 11.4. The molecule has 0 bridgehead atoms. The summed E-state index contributed by atoms with van der Waals surface area (Å²) >= 11 is 1.38. The number of carboxylic acids is 1. The maximum Gasteiger partial charge on any atom is 0.279 e. The number of benzene rings is 2. The van der Waals surface area contributed by atoms with Gasteiger partial charge in [-0.1, -0.05) is 47.2 Å². The van der Waals surface area contributed by atoms with Crippen molar-refractivity contribution in [2.24, 2.45) is 4.99 Å². The lowest BCUT2D eigenvalue weighted by molar-refractivity contribution is -0.255. The molecular weight excluding hydrogens is 322 g/mol. The fraction of sp³-hybridized carbons (Fsp3) is 0.158. The lowest BCUT2D eigenvalue weighted by Gasteiger charge is -2.05. The van der Waals surface area contributed by atoms with Crippen molar-refractivity contribution in [3.05, 3.63) is 68.9 Å². The second kappa shape index (κ2) is 6.45. The van der Waals surface area contributed by atoms with Gasteiger partial charge in [-0.3, -0.25) is 0 Å². The minimum Gasteiger partial charge on any atom is -0.545 e. The quantitative estimate of drug-likeness (QED) is 0.734. The molecule has 5 heteroatoms. The SMILES string of the molecule is Cc1ccc(-c2csc(=Nc3cc(C(=O)[O-])ccc3C)o2)c(C)c1. The molecule has 0 N–H and O–H groups in total. The normalized spacial score (nSPS) is 11.7. The Morgan fingerprint density at radius 2 is 1.88 bits per heavy atom. The van der Waals surface area contributed by atoms with Gasteiger partial charge in [0, 0.05) is 10.9 Å². The molecule has 1 heterocycles. The van der Waals surface area contributed by atoms with Gasteiger partial charge in [0.2, 0.25) is 0 Å². The summed E-state index contributed by atoms with van der Waals surface area (Å²) in [6, 6.07) is 10.9. The number of rotatable bonds is 3. The van der Waals surface area contributed by atoms with Gasteiger partial charge in [-0.15, -0.1) is 0 Å². The van der Waals surface area contributed by atoms with Crippen LogP contribution in [0.4, 0.5) is 5.69 Å². The molecule has 0 atom stereocenters. The van der Waals surface area contributed by atoms with Crippen molar-refractivity contribution in [3.63, 3.8) is 0 Å². The summed E-state index contributed by atoms with van der Waals surface area (Å²) in [4.78, 5) is 15.9. The summed E-state index contributed by atoms with van der Waals surface area (Å²) in [5.74, 6) is -0.463. The van der Waals surface area contributed by atoms with E-state index in [9.17, 15) is 9.90 Å². The van der Waals surface area contributed by atoms with E-state index in [1.807, 2.05) is 31.4 Å².